The first-order valence-electron chi connectivity index (χ1n) is 10.2. The van der Waals surface area contributed by atoms with Gasteiger partial charge in [0.1, 0.15) is 0 Å². The number of anilines is 1. The Hall–Kier alpha value is -3.33. The molecule has 2 heterocycles. The zero-order valence-electron chi connectivity index (χ0n) is 17.6. The largest absolute Gasteiger partial charge is 0.459 e. The third-order valence-corrected chi connectivity index (χ3v) is 5.59. The highest BCUT2D eigenvalue weighted by atomic mass is 35.5. The van der Waals surface area contributed by atoms with E-state index in [1.54, 1.807) is 42.2 Å². The van der Waals surface area contributed by atoms with Crippen LogP contribution >= 0.6 is 11.6 Å². The monoisotopic (exact) mass is 461 g/mol. The molecule has 3 rings (SSSR count). The molecule has 0 bridgehead atoms. The number of nitrogens with zero attached hydrogens (tertiary/aromatic N) is 1. The topological polar surface area (TPSA) is 118 Å². The van der Waals surface area contributed by atoms with Crippen LogP contribution in [0.15, 0.2) is 41.0 Å². The van der Waals surface area contributed by atoms with Gasteiger partial charge in [-0.2, -0.15) is 0 Å². The van der Waals surface area contributed by atoms with Crippen LogP contribution in [-0.2, 0) is 19.1 Å². The minimum absolute atomic E-state index is 0.215. The van der Waals surface area contributed by atoms with E-state index in [1.165, 1.54) is 6.26 Å². The summed E-state index contributed by atoms with van der Waals surface area (Å²) < 4.78 is 10.2. The van der Waals surface area contributed by atoms with Gasteiger partial charge < -0.3 is 24.7 Å². The Bertz CT molecular complexity index is 984. The number of hydrogen-bond donors (Lipinski definition) is 2. The van der Waals surface area contributed by atoms with Crippen LogP contribution in [0.2, 0.25) is 5.02 Å². The average Bonchev–Trinajstić information content (AvgIpc) is 3.34. The zero-order valence-corrected chi connectivity index (χ0v) is 18.3. The second-order valence-corrected chi connectivity index (χ2v) is 7.80. The van der Waals surface area contributed by atoms with E-state index in [2.05, 4.69) is 10.6 Å². The number of amides is 3. The molecule has 1 aromatic heterocycles. The van der Waals surface area contributed by atoms with Crippen molar-refractivity contribution in [1.82, 2.24) is 10.2 Å². The van der Waals surface area contributed by atoms with E-state index in [0.29, 0.717) is 36.6 Å². The number of piperidine rings is 1. The Kier molecular flexibility index (Phi) is 7.88. The molecule has 2 N–H and O–H groups in total. The summed E-state index contributed by atoms with van der Waals surface area (Å²) in [5.74, 6) is -1.85. The van der Waals surface area contributed by atoms with Gasteiger partial charge in [0.25, 0.3) is 11.8 Å². The molecule has 170 valence electrons. The highest BCUT2D eigenvalue weighted by molar-refractivity contribution is 6.31. The molecule has 0 spiro atoms. The average molecular weight is 462 g/mol. The number of carbonyl (C=O) groups is 4. The maximum Gasteiger partial charge on any atom is 0.309 e. The van der Waals surface area contributed by atoms with Crippen molar-refractivity contribution in [3.8, 4) is 0 Å². The van der Waals surface area contributed by atoms with Crippen LogP contribution in [0.1, 0.15) is 29.0 Å². The molecule has 10 heteroatoms. The van der Waals surface area contributed by atoms with Crippen molar-refractivity contribution in [2.75, 3.05) is 31.6 Å². The van der Waals surface area contributed by atoms with Crippen LogP contribution in [0.3, 0.4) is 0 Å². The second kappa shape index (κ2) is 10.8. The van der Waals surface area contributed by atoms with E-state index in [4.69, 9.17) is 20.8 Å². The van der Waals surface area contributed by atoms with Gasteiger partial charge in [0.15, 0.2) is 12.4 Å². The predicted octanol–water partition coefficient (Wildman–Crippen LogP) is 2.39. The third-order valence-electron chi connectivity index (χ3n) is 5.18. The number of halogens is 1. The molecule has 1 aromatic carbocycles. The van der Waals surface area contributed by atoms with E-state index in [1.807, 2.05) is 0 Å². The number of ether oxygens (including phenoxy) is 1. The van der Waals surface area contributed by atoms with Crippen LogP contribution in [-0.4, -0.2) is 54.8 Å². The Morgan fingerprint density at radius 2 is 1.88 bits per heavy atom. The summed E-state index contributed by atoms with van der Waals surface area (Å²) in [6.45, 7) is 1.82. The van der Waals surface area contributed by atoms with Gasteiger partial charge in [-0.25, -0.2) is 0 Å². The van der Waals surface area contributed by atoms with Crippen LogP contribution in [0.5, 0.6) is 0 Å². The van der Waals surface area contributed by atoms with Crippen LogP contribution < -0.4 is 10.6 Å². The lowest BCUT2D eigenvalue weighted by atomic mass is 9.97. The highest BCUT2D eigenvalue weighted by Gasteiger charge is 2.30. The van der Waals surface area contributed by atoms with Crippen molar-refractivity contribution in [1.29, 1.82) is 0 Å². The summed E-state index contributed by atoms with van der Waals surface area (Å²) in [6.07, 6.45) is 2.31. The van der Waals surface area contributed by atoms with Gasteiger partial charge in [0.2, 0.25) is 5.91 Å². The Morgan fingerprint density at radius 1 is 1.12 bits per heavy atom. The van der Waals surface area contributed by atoms with Gasteiger partial charge in [0, 0.05) is 23.8 Å². The van der Waals surface area contributed by atoms with Gasteiger partial charge >= 0.3 is 5.97 Å². The second-order valence-electron chi connectivity index (χ2n) is 7.39. The molecule has 3 amide bonds. The molecular formula is C22H24ClN3O6. The molecule has 1 aliphatic rings. The van der Waals surface area contributed by atoms with E-state index in [-0.39, 0.29) is 18.2 Å². The molecule has 0 atom stereocenters. The zero-order chi connectivity index (χ0) is 23.1. The van der Waals surface area contributed by atoms with Crippen molar-refractivity contribution in [3.63, 3.8) is 0 Å². The van der Waals surface area contributed by atoms with Gasteiger partial charge in [-0.1, -0.05) is 17.7 Å². The third kappa shape index (κ3) is 6.10. The summed E-state index contributed by atoms with van der Waals surface area (Å²) in [5.41, 5.74) is 1.28. The van der Waals surface area contributed by atoms with Gasteiger partial charge in [-0.15, -0.1) is 0 Å². The summed E-state index contributed by atoms with van der Waals surface area (Å²) >= 11 is 6.01. The smallest absolute Gasteiger partial charge is 0.309 e. The van der Waals surface area contributed by atoms with Crippen molar-refractivity contribution < 1.29 is 28.3 Å². The maximum absolute atomic E-state index is 12.3. The highest BCUT2D eigenvalue weighted by Crippen LogP contribution is 2.23. The lowest BCUT2D eigenvalue weighted by Crippen LogP contribution is -2.41. The number of benzene rings is 1. The molecule has 1 saturated heterocycles. The molecule has 32 heavy (non-hydrogen) atoms. The van der Waals surface area contributed by atoms with Crippen molar-refractivity contribution in [3.05, 3.63) is 52.9 Å². The quantitative estimate of drug-likeness (QED) is 0.611. The van der Waals surface area contributed by atoms with Crippen LogP contribution in [0, 0.1) is 12.8 Å². The fourth-order valence-electron chi connectivity index (χ4n) is 3.30. The number of furan rings is 1. The first kappa shape index (κ1) is 23.3. The molecule has 1 fully saturated rings. The van der Waals surface area contributed by atoms with Gasteiger partial charge in [-0.3, -0.25) is 19.2 Å². The van der Waals surface area contributed by atoms with E-state index < -0.39 is 30.3 Å². The molecule has 9 nitrogen and oxygen atoms in total. The number of nitrogens with one attached hydrogen (secondary N) is 2. The fourth-order valence-corrected chi connectivity index (χ4v) is 3.47. The van der Waals surface area contributed by atoms with E-state index in [0.717, 1.165) is 5.56 Å². The Balaban J connectivity index is 1.35. The predicted molar refractivity (Wildman–Crippen MR) is 116 cm³/mol. The maximum atomic E-state index is 12.3. The molecule has 0 unspecified atom stereocenters. The number of esters is 1. The molecule has 0 saturated carbocycles. The summed E-state index contributed by atoms with van der Waals surface area (Å²) in [5, 5.41) is 5.59. The fraction of sp³-hybridized carbons (Fsp3) is 0.364. The van der Waals surface area contributed by atoms with Crippen LogP contribution in [0.25, 0.3) is 0 Å². The first-order valence-corrected chi connectivity index (χ1v) is 10.5. The lowest BCUT2D eigenvalue weighted by Gasteiger charge is -2.30. The molecule has 0 aliphatic carbocycles. The molecule has 2 aromatic rings. The normalized spacial score (nSPS) is 14.0. The minimum Gasteiger partial charge on any atom is -0.459 e. The number of carbonyl (C=O) groups excluding carboxylic acids is 4. The van der Waals surface area contributed by atoms with Crippen LogP contribution in [0.4, 0.5) is 5.69 Å². The summed E-state index contributed by atoms with van der Waals surface area (Å²) in [7, 11) is 0. The molecule has 0 radical (unpaired) electrons. The van der Waals surface area contributed by atoms with Crippen molar-refractivity contribution in [2.45, 2.75) is 19.8 Å². The number of likely N-dealkylation sites (tertiary alicyclic amines) is 1. The SMILES string of the molecule is Cc1c(Cl)cccc1NC(=O)CNC(=O)COC(=O)C1CCN(C(=O)c2ccco2)CC1. The standard InChI is InChI=1S/C22H24ClN3O6/c1-14-16(23)4-2-5-17(14)25-19(27)12-24-20(28)13-32-22(30)15-7-9-26(10-8-15)21(29)18-6-3-11-31-18/h2-6,11,15H,7-10,12-13H2,1H3,(H,24,28)(H,25,27). The Labute approximate surface area is 190 Å². The summed E-state index contributed by atoms with van der Waals surface area (Å²) in [6, 6.07) is 8.36. The van der Waals surface area contributed by atoms with Crippen molar-refractivity contribution >= 4 is 41.0 Å². The molecular weight excluding hydrogens is 438 g/mol. The van der Waals surface area contributed by atoms with E-state index in [9.17, 15) is 19.2 Å². The van der Waals surface area contributed by atoms with Gasteiger partial charge in [-0.05, 0) is 49.6 Å². The lowest BCUT2D eigenvalue weighted by molar-refractivity contribution is -0.153. The Morgan fingerprint density at radius 3 is 2.56 bits per heavy atom. The number of rotatable bonds is 7. The molecule has 1 aliphatic heterocycles. The van der Waals surface area contributed by atoms with Crippen molar-refractivity contribution in [2.24, 2.45) is 5.92 Å². The van der Waals surface area contributed by atoms with E-state index >= 15 is 0 Å². The first-order chi connectivity index (χ1) is 15.3. The van der Waals surface area contributed by atoms with Gasteiger partial charge in [0.05, 0.1) is 18.7 Å². The minimum atomic E-state index is -0.582. The number of hydrogen-bond acceptors (Lipinski definition) is 6. The summed E-state index contributed by atoms with van der Waals surface area (Å²) in [4.78, 5) is 50.1.